The number of ether oxygens (including phenoxy) is 2. The van der Waals surface area contributed by atoms with E-state index in [1.165, 1.54) is 29.4 Å². The van der Waals surface area contributed by atoms with E-state index >= 15 is 0 Å². The van der Waals surface area contributed by atoms with Crippen molar-refractivity contribution in [2.45, 2.75) is 31.3 Å². The molecule has 0 aromatic heterocycles. The van der Waals surface area contributed by atoms with Crippen molar-refractivity contribution in [3.05, 3.63) is 59.7 Å². The van der Waals surface area contributed by atoms with Gasteiger partial charge in [0.15, 0.2) is 0 Å². The van der Waals surface area contributed by atoms with Crippen LogP contribution >= 0.6 is 0 Å². The Kier molecular flexibility index (Phi) is 7.99. The van der Waals surface area contributed by atoms with E-state index < -0.39 is 18.2 Å². The molecule has 1 fully saturated rings. The standard InChI is InChI=1S/C26H30N2O7/c1-33-15-23(25(30)31)35-28-24(29)12-16-10-17(11-16)13-27-26(32)34-14-22-20-8-4-2-6-18(20)19-7-3-5-9-21(19)22/h2-9,16-17,22-23H,10-15H2,1H3,(H,27,32)(H,28,29)(H,30,31). The zero-order chi connectivity index (χ0) is 24.8. The fourth-order valence-corrected chi connectivity index (χ4v) is 4.83. The summed E-state index contributed by atoms with van der Waals surface area (Å²) in [5.74, 6) is -1.13. The normalized spacial score (nSPS) is 19.1. The molecule has 0 heterocycles. The number of hydrogen-bond donors (Lipinski definition) is 3. The smallest absolute Gasteiger partial charge is 0.407 e. The molecule has 4 rings (SSSR count). The Morgan fingerprint density at radius 3 is 2.23 bits per heavy atom. The van der Waals surface area contributed by atoms with Gasteiger partial charge in [0.05, 0.1) is 6.61 Å². The van der Waals surface area contributed by atoms with Gasteiger partial charge < -0.3 is 19.9 Å². The molecule has 2 aliphatic rings. The molecule has 0 bridgehead atoms. The van der Waals surface area contributed by atoms with E-state index in [0.717, 1.165) is 12.8 Å². The second-order valence-corrected chi connectivity index (χ2v) is 9.04. The first-order valence-electron chi connectivity index (χ1n) is 11.7. The van der Waals surface area contributed by atoms with E-state index in [0.29, 0.717) is 6.54 Å². The van der Waals surface area contributed by atoms with Gasteiger partial charge in [-0.3, -0.25) is 9.63 Å². The highest BCUT2D eigenvalue weighted by atomic mass is 16.7. The summed E-state index contributed by atoms with van der Waals surface area (Å²) in [6, 6.07) is 16.4. The Labute approximate surface area is 203 Å². The van der Waals surface area contributed by atoms with Crippen molar-refractivity contribution in [3.8, 4) is 11.1 Å². The van der Waals surface area contributed by atoms with Gasteiger partial charge in [-0.2, -0.15) is 0 Å². The lowest BCUT2D eigenvalue weighted by Gasteiger charge is -2.35. The number of benzene rings is 2. The topological polar surface area (TPSA) is 123 Å². The number of fused-ring (bicyclic) bond motifs is 3. The second-order valence-electron chi connectivity index (χ2n) is 9.04. The van der Waals surface area contributed by atoms with Gasteiger partial charge in [-0.25, -0.2) is 15.1 Å². The Hall–Kier alpha value is -3.43. The zero-order valence-electron chi connectivity index (χ0n) is 19.6. The maximum absolute atomic E-state index is 12.3. The molecule has 2 aliphatic carbocycles. The Morgan fingerprint density at radius 2 is 1.63 bits per heavy atom. The molecule has 0 radical (unpaired) electrons. The first kappa shape index (κ1) is 24.7. The van der Waals surface area contributed by atoms with Crippen molar-refractivity contribution in [2.75, 3.05) is 26.9 Å². The number of carboxylic acid groups (broad SMARTS) is 1. The minimum absolute atomic E-state index is 0.0200. The second kappa shape index (κ2) is 11.3. The highest BCUT2D eigenvalue weighted by molar-refractivity contribution is 5.79. The number of alkyl carbamates (subject to hydrolysis) is 1. The van der Waals surface area contributed by atoms with Gasteiger partial charge in [0.25, 0.3) is 0 Å². The molecule has 186 valence electrons. The fourth-order valence-electron chi connectivity index (χ4n) is 4.83. The van der Waals surface area contributed by atoms with Crippen LogP contribution in [0.2, 0.25) is 0 Å². The first-order valence-corrected chi connectivity index (χ1v) is 11.7. The average Bonchev–Trinajstić information content (AvgIpc) is 3.15. The third-order valence-corrected chi connectivity index (χ3v) is 6.59. The molecule has 9 heteroatoms. The summed E-state index contributed by atoms with van der Waals surface area (Å²) in [4.78, 5) is 40.2. The zero-order valence-corrected chi connectivity index (χ0v) is 19.6. The van der Waals surface area contributed by atoms with Crippen LogP contribution in [0, 0.1) is 11.8 Å². The number of hydroxylamine groups is 1. The minimum Gasteiger partial charge on any atom is -0.479 e. The van der Waals surface area contributed by atoms with Crippen LogP contribution in [0.15, 0.2) is 48.5 Å². The number of carbonyl (C=O) groups excluding carboxylic acids is 2. The Balaban J connectivity index is 1.15. The number of aliphatic carboxylic acids is 1. The fraction of sp³-hybridized carbons (Fsp3) is 0.423. The molecular weight excluding hydrogens is 452 g/mol. The van der Waals surface area contributed by atoms with E-state index in [-0.39, 0.29) is 43.3 Å². The van der Waals surface area contributed by atoms with Gasteiger partial charge in [-0.05, 0) is 46.9 Å². The molecule has 2 aromatic carbocycles. The van der Waals surface area contributed by atoms with E-state index in [4.69, 9.17) is 19.4 Å². The Bertz CT molecular complexity index is 1020. The van der Waals surface area contributed by atoms with Crippen molar-refractivity contribution in [1.82, 2.24) is 10.8 Å². The predicted octanol–water partition coefficient (Wildman–Crippen LogP) is 3.09. The monoisotopic (exact) mass is 482 g/mol. The molecule has 0 saturated heterocycles. The van der Waals surface area contributed by atoms with Crippen LogP contribution < -0.4 is 10.8 Å². The van der Waals surface area contributed by atoms with Gasteiger partial charge in [0.2, 0.25) is 12.0 Å². The number of nitrogens with one attached hydrogen (secondary N) is 2. The quantitative estimate of drug-likeness (QED) is 0.421. The first-order chi connectivity index (χ1) is 17.0. The highest BCUT2D eigenvalue weighted by Gasteiger charge is 2.32. The molecule has 9 nitrogen and oxygen atoms in total. The van der Waals surface area contributed by atoms with E-state index in [1.54, 1.807) is 0 Å². The van der Waals surface area contributed by atoms with Crippen LogP contribution in [-0.4, -0.2) is 56.0 Å². The molecule has 0 spiro atoms. The van der Waals surface area contributed by atoms with E-state index in [9.17, 15) is 14.4 Å². The molecule has 2 aromatic rings. The maximum atomic E-state index is 12.3. The van der Waals surface area contributed by atoms with Crippen LogP contribution in [0.5, 0.6) is 0 Å². The van der Waals surface area contributed by atoms with Crippen molar-refractivity contribution >= 4 is 18.0 Å². The van der Waals surface area contributed by atoms with Gasteiger partial charge in [0, 0.05) is 26.0 Å². The average molecular weight is 483 g/mol. The van der Waals surface area contributed by atoms with Crippen molar-refractivity contribution in [1.29, 1.82) is 0 Å². The summed E-state index contributed by atoms with van der Waals surface area (Å²) in [5.41, 5.74) is 6.89. The van der Waals surface area contributed by atoms with E-state index in [1.807, 2.05) is 24.3 Å². The lowest BCUT2D eigenvalue weighted by Crippen LogP contribution is -2.40. The Morgan fingerprint density at radius 1 is 1.00 bits per heavy atom. The summed E-state index contributed by atoms with van der Waals surface area (Å²) < 4.78 is 10.3. The summed E-state index contributed by atoms with van der Waals surface area (Å²) in [7, 11) is 1.35. The number of carboxylic acids is 1. The van der Waals surface area contributed by atoms with Gasteiger partial charge in [-0.1, -0.05) is 48.5 Å². The highest BCUT2D eigenvalue weighted by Crippen LogP contribution is 2.44. The number of carbonyl (C=O) groups is 3. The molecule has 35 heavy (non-hydrogen) atoms. The predicted molar refractivity (Wildman–Crippen MR) is 126 cm³/mol. The summed E-state index contributed by atoms with van der Waals surface area (Å²) in [5, 5.41) is 11.8. The maximum Gasteiger partial charge on any atom is 0.407 e. The van der Waals surface area contributed by atoms with Gasteiger partial charge in [0.1, 0.15) is 6.61 Å². The summed E-state index contributed by atoms with van der Waals surface area (Å²) >= 11 is 0. The largest absolute Gasteiger partial charge is 0.479 e. The number of amides is 2. The molecule has 2 amide bonds. The molecule has 3 N–H and O–H groups in total. The van der Waals surface area contributed by atoms with E-state index in [2.05, 4.69) is 35.1 Å². The SMILES string of the molecule is COCC(ONC(=O)CC1CC(CNC(=O)OCC2c3ccccc3-c3ccccc32)C1)C(=O)O. The summed E-state index contributed by atoms with van der Waals surface area (Å²) in [6.45, 7) is 0.594. The summed E-state index contributed by atoms with van der Waals surface area (Å²) in [6.07, 6.45) is 0.120. The third kappa shape index (κ3) is 5.98. The molecular formula is C26H30N2O7. The minimum atomic E-state index is -1.25. The van der Waals surface area contributed by atoms with Crippen LogP contribution in [0.3, 0.4) is 0 Å². The number of rotatable bonds is 11. The lowest BCUT2D eigenvalue weighted by atomic mass is 9.73. The molecule has 1 atom stereocenters. The van der Waals surface area contributed by atoms with Gasteiger partial charge >= 0.3 is 12.1 Å². The van der Waals surface area contributed by atoms with Crippen molar-refractivity contribution in [3.63, 3.8) is 0 Å². The van der Waals surface area contributed by atoms with Crippen LogP contribution in [0.1, 0.15) is 36.3 Å². The van der Waals surface area contributed by atoms with Crippen LogP contribution in [0.25, 0.3) is 11.1 Å². The third-order valence-electron chi connectivity index (χ3n) is 6.59. The number of hydrogen-bond acceptors (Lipinski definition) is 6. The molecule has 1 unspecified atom stereocenters. The van der Waals surface area contributed by atoms with Crippen molar-refractivity contribution < 1.29 is 33.8 Å². The van der Waals surface area contributed by atoms with Crippen molar-refractivity contribution in [2.24, 2.45) is 11.8 Å². The molecule has 1 saturated carbocycles. The molecule has 0 aliphatic heterocycles. The number of methoxy groups -OCH3 is 1. The van der Waals surface area contributed by atoms with Crippen LogP contribution in [-0.2, 0) is 23.9 Å². The van der Waals surface area contributed by atoms with Crippen LogP contribution in [0.4, 0.5) is 4.79 Å². The van der Waals surface area contributed by atoms with Gasteiger partial charge in [-0.15, -0.1) is 0 Å². The lowest BCUT2D eigenvalue weighted by molar-refractivity contribution is -0.165.